The van der Waals surface area contributed by atoms with Crippen LogP contribution in [0.3, 0.4) is 0 Å². The van der Waals surface area contributed by atoms with Crippen LogP contribution in [-0.4, -0.2) is 54.5 Å². The van der Waals surface area contributed by atoms with Gasteiger partial charge in [-0.3, -0.25) is 4.68 Å². The quantitative estimate of drug-likeness (QED) is 0.479. The van der Waals surface area contributed by atoms with Crippen LogP contribution in [0.4, 0.5) is 5.69 Å². The van der Waals surface area contributed by atoms with Gasteiger partial charge in [-0.2, -0.15) is 9.82 Å². The van der Waals surface area contributed by atoms with Gasteiger partial charge in [0.2, 0.25) is 4.90 Å². The van der Waals surface area contributed by atoms with Crippen molar-refractivity contribution < 1.29 is 8.39 Å². The third-order valence-electron chi connectivity index (χ3n) is 5.36. The number of anilines is 1. The Hall–Kier alpha value is -1.74. The number of aromatic nitrogens is 2. The predicted molar refractivity (Wildman–Crippen MR) is 148 cm³/mol. The fourth-order valence-electron chi connectivity index (χ4n) is 3.53. The van der Waals surface area contributed by atoms with Crippen molar-refractivity contribution in [1.29, 1.82) is 0 Å². The summed E-state index contributed by atoms with van der Waals surface area (Å²) in [6.45, 7) is 21.4. The number of hydrogen-bond donors (Lipinski definition) is 2. The number of nitrogens with one attached hydrogen (secondary N) is 2. The van der Waals surface area contributed by atoms with Gasteiger partial charge in [0, 0.05) is 33.2 Å². The third-order valence-corrected chi connectivity index (χ3v) is 7.20. The van der Waals surface area contributed by atoms with Crippen LogP contribution in [0.15, 0.2) is 29.2 Å². The van der Waals surface area contributed by atoms with E-state index in [0.29, 0.717) is 4.90 Å². The molecule has 1 fully saturated rings. The van der Waals surface area contributed by atoms with Crippen molar-refractivity contribution in [1.82, 2.24) is 20.0 Å². The molecule has 2 heterocycles. The van der Waals surface area contributed by atoms with Gasteiger partial charge in [-0.25, -0.2) is 0 Å². The number of benzene rings is 1. The van der Waals surface area contributed by atoms with Crippen molar-refractivity contribution in [3.05, 3.63) is 41.2 Å². The lowest BCUT2D eigenvalue weighted by molar-refractivity contribution is 0.238. The maximum absolute atomic E-state index is 13.4. The van der Waals surface area contributed by atoms with E-state index in [1.165, 1.54) is 12.7 Å². The van der Waals surface area contributed by atoms with Crippen molar-refractivity contribution in [3.8, 4) is 0 Å². The largest absolute Gasteiger partial charge is 0.348 e. The van der Waals surface area contributed by atoms with Crippen LogP contribution in [0.5, 0.6) is 0 Å². The Morgan fingerprint density at radius 2 is 1.59 bits per heavy atom. The maximum Gasteiger partial charge on any atom is 0.348 e. The first kappa shape index (κ1) is 32.3. The van der Waals surface area contributed by atoms with Crippen LogP contribution in [0, 0.1) is 13.8 Å². The molecule has 0 bridgehead atoms. The number of nitrogens with zero attached hydrogens (tertiary/aromatic N) is 3. The predicted octanol–water partition coefficient (Wildman–Crippen LogP) is 5.40. The number of hydrogen-bond acceptors (Lipinski definition) is 5. The molecule has 1 atom stereocenters. The number of piperazine rings is 1. The topological polar surface area (TPSA) is 71.4 Å². The highest BCUT2D eigenvalue weighted by atomic mass is 32.3. The summed E-state index contributed by atoms with van der Waals surface area (Å²) in [6.07, 6.45) is 2.15. The molecule has 0 saturated carbocycles. The van der Waals surface area contributed by atoms with Crippen LogP contribution in [0.25, 0.3) is 0 Å². The Morgan fingerprint density at radius 3 is 2.06 bits per heavy atom. The standard InChI is InChI=1S/C20H32N5O2S.3C2H6/c1-16-20(17(2)24(3)22-16)23-28(26,27-4)19-9-7-18(8-10-19)6-5-13-25-14-11-21-12-15-25;3*1-2/h7-10,21H,5-6,11-15H2,1-4H3,(H,23,26);3*1-2H3/q+1;;;. The summed E-state index contributed by atoms with van der Waals surface area (Å²) in [5.74, 6) is 0. The Kier molecular flexibility index (Phi) is 16.8. The Balaban J connectivity index is 0.00000168. The van der Waals surface area contributed by atoms with Crippen molar-refractivity contribution in [2.75, 3.05) is 44.6 Å². The zero-order valence-electron chi connectivity index (χ0n) is 23.3. The van der Waals surface area contributed by atoms with Gasteiger partial charge in [-0.05, 0) is 55.1 Å². The van der Waals surface area contributed by atoms with Crippen LogP contribution in [-0.2, 0) is 32.3 Å². The second-order valence-electron chi connectivity index (χ2n) is 7.28. The van der Waals surface area contributed by atoms with Crippen LogP contribution < -0.4 is 10.0 Å². The highest BCUT2D eigenvalue weighted by molar-refractivity contribution is 7.99. The molecule has 0 aliphatic carbocycles. The molecule has 34 heavy (non-hydrogen) atoms. The first-order valence-corrected chi connectivity index (χ1v) is 14.3. The molecular weight excluding hydrogens is 446 g/mol. The zero-order valence-corrected chi connectivity index (χ0v) is 24.1. The Labute approximate surface area is 210 Å². The molecule has 1 aromatic carbocycles. The van der Waals surface area contributed by atoms with E-state index in [0.717, 1.165) is 62.6 Å². The van der Waals surface area contributed by atoms with E-state index in [9.17, 15) is 4.21 Å². The molecule has 1 saturated heterocycles. The van der Waals surface area contributed by atoms with E-state index < -0.39 is 10.4 Å². The van der Waals surface area contributed by atoms with E-state index in [-0.39, 0.29) is 0 Å². The molecular formula is C26H50N5O2S+. The lowest BCUT2D eigenvalue weighted by atomic mass is 10.1. The molecule has 196 valence electrons. The molecule has 0 amide bonds. The zero-order chi connectivity index (χ0) is 26.1. The monoisotopic (exact) mass is 496 g/mol. The van der Waals surface area contributed by atoms with Crippen molar-refractivity contribution in [2.45, 2.75) is 73.1 Å². The molecule has 0 radical (unpaired) electrons. The van der Waals surface area contributed by atoms with Gasteiger partial charge in [0.05, 0.1) is 18.5 Å². The summed E-state index contributed by atoms with van der Waals surface area (Å²) >= 11 is 0. The number of aryl methyl sites for hydroxylation is 3. The van der Waals surface area contributed by atoms with E-state index in [4.69, 9.17) is 4.18 Å². The summed E-state index contributed by atoms with van der Waals surface area (Å²) in [6, 6.07) is 7.91. The SMILES string of the molecule is CC.CC.CC.CO[S+](=O)(Nc1c(C)nn(C)c1C)c1ccc(CCCN2CCNCC2)cc1. The fourth-order valence-corrected chi connectivity index (χ4v) is 4.98. The van der Waals surface area contributed by atoms with Crippen molar-refractivity contribution in [2.24, 2.45) is 7.05 Å². The first-order valence-electron chi connectivity index (χ1n) is 12.8. The minimum absolute atomic E-state index is 0.642. The second kappa shape index (κ2) is 17.7. The lowest BCUT2D eigenvalue weighted by Crippen LogP contribution is -2.43. The average molecular weight is 497 g/mol. The summed E-state index contributed by atoms with van der Waals surface area (Å²) in [5.41, 5.74) is 3.74. The molecule has 3 rings (SSSR count). The van der Waals surface area contributed by atoms with Crippen LogP contribution in [0.1, 0.15) is 64.9 Å². The first-order chi connectivity index (χ1) is 16.4. The smallest absolute Gasteiger partial charge is 0.314 e. The molecule has 7 nitrogen and oxygen atoms in total. The molecule has 1 aliphatic heterocycles. The Bertz CT molecular complexity index is 830. The summed E-state index contributed by atoms with van der Waals surface area (Å²) in [7, 11) is 0.479. The average Bonchev–Trinajstić information content (AvgIpc) is 3.14. The van der Waals surface area contributed by atoms with Crippen LogP contribution >= 0.6 is 0 Å². The molecule has 2 aromatic rings. The van der Waals surface area contributed by atoms with E-state index in [2.05, 4.69) is 32.2 Å². The van der Waals surface area contributed by atoms with Crippen LogP contribution in [0.2, 0.25) is 0 Å². The van der Waals surface area contributed by atoms with Gasteiger partial charge >= 0.3 is 10.4 Å². The number of rotatable bonds is 8. The third kappa shape index (κ3) is 9.49. The van der Waals surface area contributed by atoms with Gasteiger partial charge in [0.25, 0.3) is 0 Å². The molecule has 1 unspecified atom stereocenters. The van der Waals surface area contributed by atoms with Crippen molar-refractivity contribution >= 4 is 16.1 Å². The minimum Gasteiger partial charge on any atom is -0.314 e. The normalized spacial score (nSPS) is 14.9. The van der Waals surface area contributed by atoms with Gasteiger partial charge < -0.3 is 10.2 Å². The van der Waals surface area contributed by atoms with Gasteiger partial charge in [-0.1, -0.05) is 53.7 Å². The molecule has 0 spiro atoms. The Morgan fingerprint density at radius 1 is 1.03 bits per heavy atom. The summed E-state index contributed by atoms with van der Waals surface area (Å²) in [5, 5.41) is 7.76. The molecule has 8 heteroatoms. The van der Waals surface area contributed by atoms with Gasteiger partial charge in [-0.15, -0.1) is 4.18 Å². The fraction of sp³-hybridized carbons (Fsp3) is 0.654. The molecule has 2 N–H and O–H groups in total. The highest BCUT2D eigenvalue weighted by Crippen LogP contribution is 2.28. The van der Waals surface area contributed by atoms with E-state index in [1.54, 1.807) is 4.68 Å². The minimum atomic E-state index is -2.86. The second-order valence-corrected chi connectivity index (χ2v) is 9.30. The van der Waals surface area contributed by atoms with Gasteiger partial charge in [0.1, 0.15) is 5.69 Å². The van der Waals surface area contributed by atoms with E-state index in [1.807, 2.05) is 74.6 Å². The molecule has 1 aliphatic rings. The maximum atomic E-state index is 13.4. The van der Waals surface area contributed by atoms with E-state index >= 15 is 0 Å². The summed E-state index contributed by atoms with van der Waals surface area (Å²) in [4.78, 5) is 3.15. The van der Waals surface area contributed by atoms with Gasteiger partial charge in [0.15, 0.2) is 0 Å². The summed E-state index contributed by atoms with van der Waals surface area (Å²) < 4.78 is 23.7. The highest BCUT2D eigenvalue weighted by Gasteiger charge is 2.35. The lowest BCUT2D eigenvalue weighted by Gasteiger charge is -2.27. The molecule has 1 aromatic heterocycles. The van der Waals surface area contributed by atoms with Crippen molar-refractivity contribution in [3.63, 3.8) is 0 Å².